The predicted octanol–water partition coefficient (Wildman–Crippen LogP) is 3.00. The summed E-state index contributed by atoms with van der Waals surface area (Å²) in [6, 6.07) is 0. The minimum Gasteiger partial charge on any atom is -0.444 e. The Kier molecular flexibility index (Phi) is 6.85. The zero-order valence-electron chi connectivity index (χ0n) is 11.7. The molecule has 0 aromatic rings. The number of nitrogens with zero attached hydrogens (tertiary/aromatic N) is 1. The fourth-order valence-corrected chi connectivity index (χ4v) is 1.47. The second-order valence-corrected chi connectivity index (χ2v) is 4.86. The van der Waals surface area contributed by atoms with Crippen LogP contribution in [0.1, 0.15) is 53.9 Å². The highest BCUT2D eigenvalue weighted by atomic mass is 16.6. The average Bonchev–Trinajstić information content (AvgIpc) is 2.43. The zero-order chi connectivity index (χ0) is 13.5. The van der Waals surface area contributed by atoms with E-state index in [1.807, 2.05) is 34.6 Å². The number of carbonyl (C=O) groups is 2. The number of hydrogen-bond donors (Lipinski definition) is 0. The van der Waals surface area contributed by atoms with Gasteiger partial charge in [0.1, 0.15) is 11.4 Å². The lowest BCUT2D eigenvalue weighted by Gasteiger charge is -2.26. The highest BCUT2D eigenvalue weighted by Gasteiger charge is 2.24. The summed E-state index contributed by atoms with van der Waals surface area (Å²) in [5.41, 5.74) is -0.465. The van der Waals surface area contributed by atoms with Gasteiger partial charge in [-0.15, -0.1) is 0 Å². The van der Waals surface area contributed by atoms with E-state index in [0.717, 1.165) is 6.42 Å². The molecule has 0 spiro atoms. The molecule has 0 unspecified atom stereocenters. The first-order chi connectivity index (χ1) is 7.88. The molecule has 100 valence electrons. The van der Waals surface area contributed by atoms with Crippen LogP contribution in [-0.4, -0.2) is 35.5 Å². The fraction of sp³-hybridized carbons (Fsp3) is 0.846. The molecule has 0 bridgehead atoms. The molecule has 0 radical (unpaired) electrons. The molecule has 1 saturated heterocycles. The van der Waals surface area contributed by atoms with Gasteiger partial charge in [-0.2, -0.15) is 0 Å². The normalized spacial score (nSPS) is 16.8. The third kappa shape index (κ3) is 6.97. The van der Waals surface area contributed by atoms with E-state index in [2.05, 4.69) is 0 Å². The highest BCUT2D eigenvalue weighted by Crippen LogP contribution is 2.13. The van der Waals surface area contributed by atoms with Crippen LogP contribution in [0.15, 0.2) is 0 Å². The molecule has 17 heavy (non-hydrogen) atoms. The van der Waals surface area contributed by atoms with Crippen molar-refractivity contribution in [2.45, 2.75) is 59.5 Å². The topological polar surface area (TPSA) is 46.6 Å². The van der Waals surface area contributed by atoms with Crippen molar-refractivity contribution in [1.82, 2.24) is 4.90 Å². The number of Topliss-reactive ketones (excluding diaryl/α,β-unsaturated/α-hetero) is 1. The zero-order valence-corrected chi connectivity index (χ0v) is 11.7. The first-order valence-corrected chi connectivity index (χ1v) is 6.38. The van der Waals surface area contributed by atoms with Crippen molar-refractivity contribution in [3.63, 3.8) is 0 Å². The van der Waals surface area contributed by atoms with Gasteiger partial charge in [-0.05, 0) is 27.2 Å². The number of carbonyl (C=O) groups excluding carboxylic acids is 2. The van der Waals surface area contributed by atoms with Gasteiger partial charge in [-0.25, -0.2) is 4.79 Å². The summed E-state index contributed by atoms with van der Waals surface area (Å²) in [4.78, 5) is 24.4. The maximum Gasteiger partial charge on any atom is 0.410 e. The summed E-state index contributed by atoms with van der Waals surface area (Å²) < 4.78 is 5.24. The van der Waals surface area contributed by atoms with Crippen molar-refractivity contribution >= 4 is 11.9 Å². The molecule has 0 atom stereocenters. The lowest BCUT2D eigenvalue weighted by Crippen LogP contribution is -2.37. The van der Waals surface area contributed by atoms with Crippen LogP contribution >= 0.6 is 0 Å². The molecule has 0 aromatic carbocycles. The molecule has 1 aliphatic rings. The Labute approximate surface area is 104 Å². The summed E-state index contributed by atoms with van der Waals surface area (Å²) >= 11 is 0. The van der Waals surface area contributed by atoms with E-state index in [4.69, 9.17) is 4.74 Å². The maximum atomic E-state index is 11.7. The average molecular weight is 243 g/mol. The van der Waals surface area contributed by atoms with Gasteiger partial charge in [-0.3, -0.25) is 4.79 Å². The third-order valence-electron chi connectivity index (χ3n) is 2.20. The van der Waals surface area contributed by atoms with Gasteiger partial charge in [0.2, 0.25) is 0 Å². The van der Waals surface area contributed by atoms with Gasteiger partial charge < -0.3 is 9.64 Å². The molecule has 0 aromatic heterocycles. The number of rotatable bonds is 0. The molecular formula is C13H25NO3. The van der Waals surface area contributed by atoms with Gasteiger partial charge in [0.25, 0.3) is 0 Å². The fourth-order valence-electron chi connectivity index (χ4n) is 1.47. The van der Waals surface area contributed by atoms with E-state index in [0.29, 0.717) is 25.9 Å². The summed E-state index contributed by atoms with van der Waals surface area (Å²) in [5.74, 6) is 0.237. The standard InChI is InChI=1S/C11H19NO3.C2H6/c1-11(2,3)15-10(14)12-7-4-5-9(13)6-8-12;1-2/h4-8H2,1-3H3;1-2H3. The van der Waals surface area contributed by atoms with Crippen LogP contribution in [0.5, 0.6) is 0 Å². The molecule has 1 amide bonds. The first kappa shape index (κ1) is 15.9. The highest BCUT2D eigenvalue weighted by molar-refractivity contribution is 5.79. The van der Waals surface area contributed by atoms with Crippen molar-refractivity contribution in [3.05, 3.63) is 0 Å². The van der Waals surface area contributed by atoms with Gasteiger partial charge >= 0.3 is 6.09 Å². The van der Waals surface area contributed by atoms with Crippen LogP contribution in [0.3, 0.4) is 0 Å². The van der Waals surface area contributed by atoms with Crippen molar-refractivity contribution in [2.24, 2.45) is 0 Å². The SMILES string of the molecule is CC.CC(C)(C)OC(=O)N1CCCC(=O)CC1. The molecule has 4 nitrogen and oxygen atoms in total. The van der Waals surface area contributed by atoms with E-state index < -0.39 is 5.60 Å². The monoisotopic (exact) mass is 243 g/mol. The number of ketones is 1. The van der Waals surface area contributed by atoms with Crippen molar-refractivity contribution in [2.75, 3.05) is 13.1 Å². The minimum absolute atomic E-state index is 0.237. The summed E-state index contributed by atoms with van der Waals surface area (Å²) in [6.45, 7) is 10.6. The van der Waals surface area contributed by atoms with Crippen LogP contribution in [0.25, 0.3) is 0 Å². The van der Waals surface area contributed by atoms with Gasteiger partial charge in [0.15, 0.2) is 0 Å². The minimum atomic E-state index is -0.465. The Morgan fingerprint density at radius 1 is 1.18 bits per heavy atom. The van der Waals surface area contributed by atoms with E-state index in [-0.39, 0.29) is 11.9 Å². The van der Waals surface area contributed by atoms with Gasteiger partial charge in [-0.1, -0.05) is 13.8 Å². The maximum absolute atomic E-state index is 11.7. The molecule has 1 rings (SSSR count). The van der Waals surface area contributed by atoms with Crippen LogP contribution in [0.4, 0.5) is 4.79 Å². The van der Waals surface area contributed by atoms with E-state index in [1.54, 1.807) is 4.90 Å². The Morgan fingerprint density at radius 2 is 1.76 bits per heavy atom. The van der Waals surface area contributed by atoms with E-state index in [1.165, 1.54) is 0 Å². The smallest absolute Gasteiger partial charge is 0.410 e. The molecular weight excluding hydrogens is 218 g/mol. The summed E-state index contributed by atoms with van der Waals surface area (Å²) in [7, 11) is 0. The number of ether oxygens (including phenoxy) is 1. The summed E-state index contributed by atoms with van der Waals surface area (Å²) in [5, 5.41) is 0. The number of hydrogen-bond acceptors (Lipinski definition) is 3. The van der Waals surface area contributed by atoms with Crippen molar-refractivity contribution < 1.29 is 14.3 Å². The van der Waals surface area contributed by atoms with Crippen molar-refractivity contribution in [1.29, 1.82) is 0 Å². The van der Waals surface area contributed by atoms with E-state index >= 15 is 0 Å². The first-order valence-electron chi connectivity index (χ1n) is 6.38. The molecule has 1 fully saturated rings. The molecule has 0 N–H and O–H groups in total. The molecule has 0 aliphatic carbocycles. The largest absolute Gasteiger partial charge is 0.444 e. The third-order valence-corrected chi connectivity index (χ3v) is 2.20. The van der Waals surface area contributed by atoms with Crippen LogP contribution in [0, 0.1) is 0 Å². The predicted molar refractivity (Wildman–Crippen MR) is 68.0 cm³/mol. The van der Waals surface area contributed by atoms with Crippen LogP contribution in [0.2, 0.25) is 0 Å². The Bertz CT molecular complexity index is 256. The number of amides is 1. The quantitative estimate of drug-likeness (QED) is 0.657. The van der Waals surface area contributed by atoms with Crippen molar-refractivity contribution in [3.8, 4) is 0 Å². The number of likely N-dealkylation sites (tertiary alicyclic amines) is 1. The summed E-state index contributed by atoms with van der Waals surface area (Å²) in [6.07, 6.45) is 1.48. The second-order valence-electron chi connectivity index (χ2n) is 4.86. The lowest BCUT2D eigenvalue weighted by atomic mass is 10.2. The molecule has 1 aliphatic heterocycles. The van der Waals surface area contributed by atoms with Crippen LogP contribution in [-0.2, 0) is 9.53 Å². The van der Waals surface area contributed by atoms with Gasteiger partial charge in [0, 0.05) is 25.9 Å². The Hall–Kier alpha value is -1.06. The Morgan fingerprint density at radius 3 is 2.29 bits per heavy atom. The molecule has 1 heterocycles. The lowest BCUT2D eigenvalue weighted by molar-refractivity contribution is -0.118. The van der Waals surface area contributed by atoms with Crippen LogP contribution < -0.4 is 0 Å². The van der Waals surface area contributed by atoms with E-state index in [9.17, 15) is 9.59 Å². The molecule has 0 saturated carbocycles. The molecule has 4 heteroatoms. The van der Waals surface area contributed by atoms with Gasteiger partial charge in [0.05, 0.1) is 0 Å². The second kappa shape index (κ2) is 7.30. The Balaban J connectivity index is 0.00000121.